The summed E-state index contributed by atoms with van der Waals surface area (Å²) >= 11 is 0. The molecule has 1 aromatic rings. The molecule has 2 atom stereocenters. The lowest BCUT2D eigenvalue weighted by Gasteiger charge is -2.40. The Labute approximate surface area is 108 Å². The molecule has 0 aliphatic carbocycles. The fourth-order valence-electron chi connectivity index (χ4n) is 3.63. The Hall–Kier alpha value is -1.53. The molecule has 0 radical (unpaired) electrons. The van der Waals surface area contributed by atoms with E-state index in [1.165, 1.54) is 12.8 Å². The lowest BCUT2D eigenvalue weighted by Crippen LogP contribution is -2.47. The molecule has 3 rings (SSSR count). The van der Waals surface area contributed by atoms with Crippen LogP contribution in [0.1, 0.15) is 36.8 Å². The molecule has 2 unspecified atom stereocenters. The van der Waals surface area contributed by atoms with Gasteiger partial charge < -0.3 is 10.6 Å². The lowest BCUT2D eigenvalue weighted by atomic mass is 9.95. The van der Waals surface area contributed by atoms with Crippen molar-refractivity contribution in [2.24, 2.45) is 5.73 Å². The monoisotopic (exact) mass is 241 g/mol. The zero-order valence-electron chi connectivity index (χ0n) is 10.8. The third-order valence-corrected chi connectivity index (χ3v) is 4.41. The molecule has 2 N–H and O–H groups in total. The highest BCUT2D eigenvalue weighted by Crippen LogP contribution is 2.40. The minimum absolute atomic E-state index is 0.342. The molecule has 18 heavy (non-hydrogen) atoms. The third-order valence-electron chi connectivity index (χ3n) is 4.41. The van der Waals surface area contributed by atoms with Crippen molar-refractivity contribution in [1.29, 1.82) is 5.26 Å². The van der Waals surface area contributed by atoms with Crippen molar-refractivity contribution in [3.05, 3.63) is 29.3 Å². The van der Waals surface area contributed by atoms with Crippen LogP contribution in [0.25, 0.3) is 0 Å². The van der Waals surface area contributed by atoms with E-state index in [2.05, 4.69) is 23.1 Å². The van der Waals surface area contributed by atoms with Crippen LogP contribution in [0, 0.1) is 18.3 Å². The molecule has 0 spiro atoms. The molecule has 1 aromatic carbocycles. The minimum atomic E-state index is 0.342. The summed E-state index contributed by atoms with van der Waals surface area (Å²) in [6.45, 7) is 2.01. The number of hydrogen-bond acceptors (Lipinski definition) is 3. The fourth-order valence-corrected chi connectivity index (χ4v) is 3.63. The van der Waals surface area contributed by atoms with Gasteiger partial charge in [0.25, 0.3) is 0 Å². The average molecular weight is 241 g/mol. The van der Waals surface area contributed by atoms with Gasteiger partial charge in [0.05, 0.1) is 11.3 Å². The van der Waals surface area contributed by atoms with Crippen molar-refractivity contribution < 1.29 is 0 Å². The van der Waals surface area contributed by atoms with Gasteiger partial charge in [0.1, 0.15) is 6.07 Å². The van der Waals surface area contributed by atoms with Crippen LogP contribution in [0.5, 0.6) is 0 Å². The second kappa shape index (κ2) is 4.29. The number of rotatable bonds is 1. The number of nitriles is 1. The molecule has 3 heteroatoms. The smallest absolute Gasteiger partial charge is 0.102 e. The average Bonchev–Trinajstić information content (AvgIpc) is 2.61. The van der Waals surface area contributed by atoms with E-state index in [4.69, 9.17) is 5.73 Å². The number of aryl methyl sites for hydroxylation is 1. The summed E-state index contributed by atoms with van der Waals surface area (Å²) in [6, 6.07) is 9.94. The number of nitrogens with two attached hydrogens (primary N) is 1. The summed E-state index contributed by atoms with van der Waals surface area (Å²) in [5, 5.41) is 9.37. The molecular formula is C15H19N3. The van der Waals surface area contributed by atoms with Crippen LogP contribution < -0.4 is 10.6 Å². The van der Waals surface area contributed by atoms with Gasteiger partial charge >= 0.3 is 0 Å². The van der Waals surface area contributed by atoms with Crippen LogP contribution in [0.2, 0.25) is 0 Å². The Morgan fingerprint density at radius 1 is 1.28 bits per heavy atom. The van der Waals surface area contributed by atoms with E-state index in [0.29, 0.717) is 18.1 Å². The quantitative estimate of drug-likeness (QED) is 0.821. The number of hydrogen-bond donors (Lipinski definition) is 1. The summed E-state index contributed by atoms with van der Waals surface area (Å²) < 4.78 is 0. The Bertz CT molecular complexity index is 489. The van der Waals surface area contributed by atoms with Gasteiger partial charge in [-0.2, -0.15) is 5.26 Å². The van der Waals surface area contributed by atoms with Crippen molar-refractivity contribution >= 4 is 5.69 Å². The maximum Gasteiger partial charge on any atom is 0.102 e. The summed E-state index contributed by atoms with van der Waals surface area (Å²) in [6.07, 6.45) is 4.57. The summed E-state index contributed by atoms with van der Waals surface area (Å²) in [4.78, 5) is 2.47. The van der Waals surface area contributed by atoms with Crippen LogP contribution in [0.15, 0.2) is 18.2 Å². The summed E-state index contributed by atoms with van der Waals surface area (Å²) in [7, 11) is 0. The predicted octanol–water partition coefficient (Wildman–Crippen LogP) is 2.33. The molecule has 0 amide bonds. The number of fused-ring (bicyclic) bond motifs is 2. The van der Waals surface area contributed by atoms with Gasteiger partial charge in [-0.25, -0.2) is 0 Å². The first-order valence-electron chi connectivity index (χ1n) is 6.74. The van der Waals surface area contributed by atoms with Crippen LogP contribution >= 0.6 is 0 Å². The first-order valence-corrected chi connectivity index (χ1v) is 6.74. The molecule has 2 fully saturated rings. The van der Waals surface area contributed by atoms with Crippen molar-refractivity contribution in [3.63, 3.8) is 0 Å². The zero-order valence-corrected chi connectivity index (χ0v) is 10.8. The van der Waals surface area contributed by atoms with Gasteiger partial charge in [-0.1, -0.05) is 12.1 Å². The van der Waals surface area contributed by atoms with Crippen LogP contribution in [-0.2, 0) is 0 Å². The zero-order chi connectivity index (χ0) is 12.7. The van der Waals surface area contributed by atoms with E-state index in [-0.39, 0.29) is 0 Å². The lowest BCUT2D eigenvalue weighted by molar-refractivity contribution is 0.414. The summed E-state index contributed by atoms with van der Waals surface area (Å²) in [5.41, 5.74) is 9.14. The highest BCUT2D eigenvalue weighted by Gasteiger charge is 2.40. The molecule has 2 aliphatic rings. The Morgan fingerprint density at radius 2 is 1.94 bits per heavy atom. The molecule has 0 saturated carbocycles. The second-order valence-corrected chi connectivity index (χ2v) is 5.60. The van der Waals surface area contributed by atoms with Crippen molar-refractivity contribution in [2.45, 2.75) is 50.7 Å². The van der Waals surface area contributed by atoms with E-state index in [1.54, 1.807) is 0 Å². The SMILES string of the molecule is Cc1cccc(N2C3CCC2CC(N)C3)c1C#N. The molecular weight excluding hydrogens is 222 g/mol. The molecule has 2 aliphatic heterocycles. The fraction of sp³-hybridized carbons (Fsp3) is 0.533. The molecule has 2 heterocycles. The molecule has 3 nitrogen and oxygen atoms in total. The maximum absolute atomic E-state index is 9.37. The Kier molecular flexibility index (Phi) is 2.76. The van der Waals surface area contributed by atoms with E-state index < -0.39 is 0 Å². The third kappa shape index (κ3) is 1.69. The van der Waals surface area contributed by atoms with Crippen LogP contribution in [0.3, 0.4) is 0 Å². The Balaban J connectivity index is 2.02. The van der Waals surface area contributed by atoms with Gasteiger partial charge in [-0.15, -0.1) is 0 Å². The standard InChI is InChI=1S/C15H19N3/c1-10-3-2-4-15(14(10)9-16)18-12-5-6-13(18)8-11(17)7-12/h2-4,11-13H,5-8,17H2,1H3. The van der Waals surface area contributed by atoms with Gasteiger partial charge in [-0.05, 0) is 44.2 Å². The first-order chi connectivity index (χ1) is 8.70. The van der Waals surface area contributed by atoms with Gasteiger partial charge in [0.2, 0.25) is 0 Å². The number of anilines is 1. The van der Waals surface area contributed by atoms with Crippen LogP contribution in [-0.4, -0.2) is 18.1 Å². The van der Waals surface area contributed by atoms with E-state index >= 15 is 0 Å². The van der Waals surface area contributed by atoms with E-state index in [0.717, 1.165) is 29.7 Å². The van der Waals surface area contributed by atoms with E-state index in [9.17, 15) is 5.26 Å². The second-order valence-electron chi connectivity index (χ2n) is 5.60. The highest BCUT2D eigenvalue weighted by atomic mass is 15.2. The van der Waals surface area contributed by atoms with E-state index in [1.807, 2.05) is 13.0 Å². The molecule has 0 aromatic heterocycles. The van der Waals surface area contributed by atoms with Crippen LogP contribution in [0.4, 0.5) is 5.69 Å². The highest BCUT2D eigenvalue weighted by molar-refractivity contribution is 5.64. The summed E-state index contributed by atoms with van der Waals surface area (Å²) in [5.74, 6) is 0. The molecule has 2 saturated heterocycles. The largest absolute Gasteiger partial charge is 0.364 e. The maximum atomic E-state index is 9.37. The Morgan fingerprint density at radius 3 is 2.56 bits per heavy atom. The molecule has 2 bridgehead atoms. The van der Waals surface area contributed by atoms with Crippen molar-refractivity contribution in [3.8, 4) is 6.07 Å². The number of benzene rings is 1. The van der Waals surface area contributed by atoms with Crippen molar-refractivity contribution in [1.82, 2.24) is 0 Å². The number of nitrogens with zero attached hydrogens (tertiary/aromatic N) is 2. The van der Waals surface area contributed by atoms with Gasteiger partial charge in [0, 0.05) is 18.1 Å². The minimum Gasteiger partial charge on any atom is -0.364 e. The van der Waals surface area contributed by atoms with Gasteiger partial charge in [0.15, 0.2) is 0 Å². The topological polar surface area (TPSA) is 53.0 Å². The molecule has 94 valence electrons. The first kappa shape index (κ1) is 11.6. The predicted molar refractivity (Wildman–Crippen MR) is 72.4 cm³/mol. The van der Waals surface area contributed by atoms with Gasteiger partial charge in [-0.3, -0.25) is 0 Å². The van der Waals surface area contributed by atoms with Crippen molar-refractivity contribution in [2.75, 3.05) is 4.90 Å². The normalized spacial score (nSPS) is 30.3. The number of piperidine rings is 1.